The monoisotopic (exact) mass is 213 g/mol. The Hall–Kier alpha value is -0.306. The van der Waals surface area contributed by atoms with Crippen molar-refractivity contribution in [3.8, 4) is 0 Å². The number of rotatable bonds is 3. The molecule has 2 atom stereocenters. The molecule has 0 saturated carbocycles. The van der Waals surface area contributed by atoms with E-state index < -0.39 is 0 Å². The van der Waals surface area contributed by atoms with Crippen LogP contribution in [0.25, 0.3) is 0 Å². The third kappa shape index (κ3) is 1.96. The van der Waals surface area contributed by atoms with Crippen LogP contribution < -0.4 is 5.32 Å². The zero-order chi connectivity index (χ0) is 9.10. The first-order valence-electron chi connectivity index (χ1n) is 4.71. The molecule has 0 aromatic carbocycles. The molecular formula is C10H14N2V. The van der Waals surface area contributed by atoms with Crippen LogP contribution in [-0.2, 0) is 17.0 Å². The van der Waals surface area contributed by atoms with Crippen molar-refractivity contribution < 1.29 is 17.0 Å². The number of nitrogens with zero attached hydrogens (tertiary/aromatic N) is 1. The predicted octanol–water partition coefficient (Wildman–Crippen LogP) is 0.451. The Bertz CT molecular complexity index is 233. The first-order valence-corrected chi connectivity index (χ1v) is 5.51. The van der Waals surface area contributed by atoms with Crippen molar-refractivity contribution in [2.24, 2.45) is 0 Å². The molecule has 3 aliphatic heterocycles. The quantitative estimate of drug-likeness (QED) is 0.685. The number of hydrogen-bond donors (Lipinski definition) is 1. The molecule has 3 heterocycles. The summed E-state index contributed by atoms with van der Waals surface area (Å²) in [5.74, 6) is 0. The summed E-state index contributed by atoms with van der Waals surface area (Å²) in [5.41, 5.74) is 0. The second-order valence-electron chi connectivity index (χ2n) is 3.52. The van der Waals surface area contributed by atoms with E-state index in [4.69, 9.17) is 0 Å². The van der Waals surface area contributed by atoms with E-state index in [1.165, 1.54) is 6.42 Å². The minimum atomic E-state index is 0.754. The van der Waals surface area contributed by atoms with Crippen LogP contribution >= 0.6 is 0 Å². The van der Waals surface area contributed by atoms with Crippen LogP contribution in [-0.4, -0.2) is 34.8 Å². The summed E-state index contributed by atoms with van der Waals surface area (Å²) in [6, 6.07) is 1.51. The molecule has 1 N–H and O–H groups in total. The molecule has 3 fully saturated rings. The van der Waals surface area contributed by atoms with Gasteiger partial charge in [0.25, 0.3) is 0 Å². The molecule has 69 valence electrons. The van der Waals surface area contributed by atoms with E-state index in [1.807, 2.05) is 10.8 Å². The van der Waals surface area contributed by atoms with Crippen molar-refractivity contribution in [3.63, 3.8) is 0 Å². The molecule has 3 heteroatoms. The third-order valence-corrected chi connectivity index (χ3v) is 2.98. The van der Waals surface area contributed by atoms with Crippen molar-refractivity contribution >= 4 is 4.73 Å². The van der Waals surface area contributed by atoms with Gasteiger partial charge in [-0.05, 0) is 0 Å². The number of hydrogen-bond acceptors (Lipinski definition) is 2. The Balaban J connectivity index is 1.85. The van der Waals surface area contributed by atoms with Gasteiger partial charge in [-0.25, -0.2) is 0 Å². The van der Waals surface area contributed by atoms with Crippen LogP contribution in [0.2, 0.25) is 0 Å². The number of piperazine rings is 1. The van der Waals surface area contributed by atoms with Crippen LogP contribution in [0.15, 0.2) is 24.4 Å². The Morgan fingerprint density at radius 2 is 1.92 bits per heavy atom. The van der Waals surface area contributed by atoms with Crippen molar-refractivity contribution in [2.45, 2.75) is 18.5 Å². The Morgan fingerprint density at radius 3 is 2.54 bits per heavy atom. The summed E-state index contributed by atoms with van der Waals surface area (Å²) in [5, 5.41) is 3.41. The Labute approximate surface area is 88.2 Å². The average Bonchev–Trinajstić information content (AvgIpc) is 2.18. The maximum atomic E-state index is 3.41. The summed E-state index contributed by atoms with van der Waals surface area (Å²) in [6.07, 6.45) is 9.81. The fraction of sp³-hybridized carbons (Fsp3) is 0.500. The summed E-state index contributed by atoms with van der Waals surface area (Å²) in [7, 11) is 0. The van der Waals surface area contributed by atoms with Gasteiger partial charge in [0.15, 0.2) is 0 Å². The number of fused-ring (bicyclic) bond motifs is 2. The van der Waals surface area contributed by atoms with E-state index in [9.17, 15) is 0 Å². The molecule has 0 aromatic rings. The molecule has 0 aliphatic carbocycles. The SMILES string of the molecule is [V]=[CH]/C=C\C=CN1C2CNCC1C2. The van der Waals surface area contributed by atoms with Crippen LogP contribution in [0, 0.1) is 0 Å². The van der Waals surface area contributed by atoms with Crippen LogP contribution in [0.5, 0.6) is 0 Å². The first kappa shape index (κ1) is 9.26. The molecule has 0 aromatic heterocycles. The van der Waals surface area contributed by atoms with Crippen LogP contribution in [0.3, 0.4) is 0 Å². The van der Waals surface area contributed by atoms with E-state index in [-0.39, 0.29) is 0 Å². The molecule has 0 amide bonds. The molecule has 0 spiro atoms. The molecule has 2 bridgehead atoms. The molecule has 13 heavy (non-hydrogen) atoms. The molecule has 3 saturated heterocycles. The van der Waals surface area contributed by atoms with Gasteiger partial charge >= 0.3 is 87.9 Å². The Kier molecular flexibility index (Phi) is 3.04. The number of nitrogens with one attached hydrogen (secondary N) is 1. The van der Waals surface area contributed by atoms with E-state index >= 15 is 0 Å². The standard InChI is InChI=1S/C10H14N2.V/c1-2-3-4-5-12-9-6-10(12)8-11-7-9;/h1-5,9-11H,6-8H2;/b3-2-,5-4?;. The molecule has 2 unspecified atom stereocenters. The predicted molar refractivity (Wildman–Crippen MR) is 51.2 cm³/mol. The van der Waals surface area contributed by atoms with Gasteiger partial charge in [-0.15, -0.1) is 0 Å². The first-order chi connectivity index (χ1) is 6.42. The third-order valence-electron chi connectivity index (χ3n) is 2.71. The van der Waals surface area contributed by atoms with Crippen molar-refractivity contribution in [1.82, 2.24) is 10.2 Å². The van der Waals surface area contributed by atoms with Crippen molar-refractivity contribution in [2.75, 3.05) is 13.1 Å². The summed E-state index contributed by atoms with van der Waals surface area (Å²) in [4.78, 5) is 2.46. The van der Waals surface area contributed by atoms with E-state index in [2.05, 4.69) is 45.5 Å². The van der Waals surface area contributed by atoms with Crippen molar-refractivity contribution in [1.29, 1.82) is 0 Å². The van der Waals surface area contributed by atoms with Crippen molar-refractivity contribution in [3.05, 3.63) is 24.4 Å². The number of allylic oxidation sites excluding steroid dienone is 3. The van der Waals surface area contributed by atoms with Crippen LogP contribution in [0.4, 0.5) is 0 Å². The second-order valence-corrected chi connectivity index (χ2v) is 3.99. The van der Waals surface area contributed by atoms with E-state index in [0.29, 0.717) is 0 Å². The summed E-state index contributed by atoms with van der Waals surface area (Å²) < 4.78 is 1.98. The molecule has 3 rings (SSSR count). The van der Waals surface area contributed by atoms with Crippen LogP contribution in [0.1, 0.15) is 6.42 Å². The van der Waals surface area contributed by atoms with Gasteiger partial charge in [0.05, 0.1) is 0 Å². The van der Waals surface area contributed by atoms with Gasteiger partial charge in [0.1, 0.15) is 0 Å². The second kappa shape index (κ2) is 4.27. The normalized spacial score (nSPS) is 32.4. The molecule has 0 radical (unpaired) electrons. The number of piperidine rings is 1. The van der Waals surface area contributed by atoms with E-state index in [1.54, 1.807) is 0 Å². The van der Waals surface area contributed by atoms with Gasteiger partial charge in [0.2, 0.25) is 0 Å². The topological polar surface area (TPSA) is 15.3 Å². The fourth-order valence-electron chi connectivity index (χ4n) is 2.02. The Morgan fingerprint density at radius 1 is 1.15 bits per heavy atom. The summed E-state index contributed by atoms with van der Waals surface area (Å²) in [6.45, 7) is 2.31. The zero-order valence-electron chi connectivity index (χ0n) is 7.56. The van der Waals surface area contributed by atoms with Gasteiger partial charge in [-0.2, -0.15) is 0 Å². The maximum absolute atomic E-state index is 3.41. The molecule has 2 nitrogen and oxygen atoms in total. The minimum absolute atomic E-state index is 0.754. The fourth-order valence-corrected chi connectivity index (χ4v) is 2.17. The summed E-state index contributed by atoms with van der Waals surface area (Å²) >= 11 is 2.43. The molecule has 3 aliphatic rings. The van der Waals surface area contributed by atoms with E-state index in [0.717, 1.165) is 25.2 Å². The molecular weight excluding hydrogens is 199 g/mol. The van der Waals surface area contributed by atoms with Gasteiger partial charge in [0, 0.05) is 0 Å². The zero-order valence-corrected chi connectivity index (χ0v) is 8.95. The van der Waals surface area contributed by atoms with Gasteiger partial charge in [-0.3, -0.25) is 0 Å². The van der Waals surface area contributed by atoms with Gasteiger partial charge < -0.3 is 0 Å². The average molecular weight is 213 g/mol. The van der Waals surface area contributed by atoms with Gasteiger partial charge in [-0.1, -0.05) is 0 Å².